The monoisotopic (exact) mass is 324 g/mol. The van der Waals surface area contributed by atoms with Crippen molar-refractivity contribution in [2.24, 2.45) is 0 Å². The van der Waals surface area contributed by atoms with Crippen molar-refractivity contribution in [1.82, 2.24) is 4.72 Å². The van der Waals surface area contributed by atoms with Gasteiger partial charge in [-0.15, -0.1) is 11.8 Å². The molecule has 21 heavy (non-hydrogen) atoms. The molecule has 5 nitrogen and oxygen atoms in total. The molecule has 0 saturated heterocycles. The zero-order valence-corrected chi connectivity index (χ0v) is 13.3. The summed E-state index contributed by atoms with van der Waals surface area (Å²) in [5, 5.41) is 0. The molecule has 0 unspecified atom stereocenters. The molecule has 0 saturated carbocycles. The second-order valence-corrected chi connectivity index (χ2v) is 6.89. The average Bonchev–Trinajstić information content (AvgIpc) is 2.49. The van der Waals surface area contributed by atoms with E-state index in [2.05, 4.69) is 4.72 Å². The molecule has 0 aromatic heterocycles. The number of hydrogen-bond donors (Lipinski definition) is 2. The lowest BCUT2D eigenvalue weighted by molar-refractivity contribution is 0.473. The number of rotatable bonds is 5. The molecule has 112 valence electrons. The molecular weight excluding hydrogens is 308 g/mol. The van der Waals surface area contributed by atoms with Crippen LogP contribution in [-0.4, -0.2) is 21.7 Å². The number of anilines is 1. The van der Waals surface area contributed by atoms with Gasteiger partial charge >= 0.3 is 0 Å². The fourth-order valence-corrected chi connectivity index (χ4v) is 3.02. The third-order valence-electron chi connectivity index (χ3n) is 2.85. The van der Waals surface area contributed by atoms with Crippen molar-refractivity contribution < 1.29 is 13.2 Å². The summed E-state index contributed by atoms with van der Waals surface area (Å²) in [6, 6.07) is 12.0. The predicted octanol–water partition coefficient (Wildman–Crippen LogP) is 2.69. The molecule has 0 fully saturated rings. The minimum absolute atomic E-state index is 0.105. The van der Waals surface area contributed by atoms with Gasteiger partial charge in [0.1, 0.15) is 11.5 Å². The quantitative estimate of drug-likeness (QED) is 0.653. The molecule has 3 N–H and O–H groups in total. The second kappa shape index (κ2) is 6.38. The van der Waals surface area contributed by atoms with Gasteiger partial charge in [0.15, 0.2) is 0 Å². The summed E-state index contributed by atoms with van der Waals surface area (Å²) in [4.78, 5) is 1.08. The van der Waals surface area contributed by atoms with Crippen LogP contribution in [0.15, 0.2) is 52.3 Å². The fraction of sp³-hybridized carbons (Fsp3) is 0.143. The first-order chi connectivity index (χ1) is 9.97. The van der Waals surface area contributed by atoms with E-state index in [0.29, 0.717) is 11.5 Å². The molecular formula is C14H16N2O3S2. The van der Waals surface area contributed by atoms with Crippen molar-refractivity contribution in [2.75, 3.05) is 19.0 Å². The number of nitrogens with two attached hydrogens (primary N) is 1. The second-order valence-electron chi connectivity index (χ2n) is 4.16. The Morgan fingerprint density at radius 2 is 1.86 bits per heavy atom. The number of sulfonamides is 1. The maximum absolute atomic E-state index is 11.7. The van der Waals surface area contributed by atoms with Crippen LogP contribution in [0.3, 0.4) is 0 Å². The first-order valence-electron chi connectivity index (χ1n) is 6.12. The van der Waals surface area contributed by atoms with Crippen LogP contribution in [0.4, 0.5) is 5.69 Å². The Morgan fingerprint density at radius 1 is 1.14 bits per heavy atom. The summed E-state index contributed by atoms with van der Waals surface area (Å²) < 4.78 is 31.4. The van der Waals surface area contributed by atoms with Crippen LogP contribution in [0.1, 0.15) is 0 Å². The SMILES string of the molecule is CNS(=O)(=O)c1ccc(Oc2ccccc2SC)c(N)c1. The third kappa shape index (κ3) is 3.49. The molecule has 7 heteroatoms. The smallest absolute Gasteiger partial charge is 0.240 e. The molecule has 0 aliphatic rings. The van der Waals surface area contributed by atoms with Gasteiger partial charge in [-0.1, -0.05) is 12.1 Å². The van der Waals surface area contributed by atoms with E-state index >= 15 is 0 Å². The minimum Gasteiger partial charge on any atom is -0.454 e. The average molecular weight is 324 g/mol. The summed E-state index contributed by atoms with van der Waals surface area (Å²) in [6.45, 7) is 0. The molecule has 2 aromatic carbocycles. The minimum atomic E-state index is -3.51. The Bertz CT molecular complexity index is 746. The molecule has 0 amide bonds. The largest absolute Gasteiger partial charge is 0.454 e. The molecule has 0 bridgehead atoms. The number of ether oxygens (including phenoxy) is 1. The van der Waals surface area contributed by atoms with E-state index in [-0.39, 0.29) is 10.6 Å². The van der Waals surface area contributed by atoms with Crippen molar-refractivity contribution in [3.8, 4) is 11.5 Å². The maximum atomic E-state index is 11.7. The van der Waals surface area contributed by atoms with Gasteiger partial charge in [0.25, 0.3) is 0 Å². The van der Waals surface area contributed by atoms with Crippen LogP contribution in [-0.2, 0) is 10.0 Å². The topological polar surface area (TPSA) is 81.4 Å². The van der Waals surface area contributed by atoms with E-state index in [1.54, 1.807) is 17.8 Å². The van der Waals surface area contributed by atoms with Gasteiger partial charge in [-0.3, -0.25) is 0 Å². The summed E-state index contributed by atoms with van der Waals surface area (Å²) in [5.74, 6) is 1.10. The van der Waals surface area contributed by atoms with E-state index < -0.39 is 10.0 Å². The highest BCUT2D eigenvalue weighted by Gasteiger charge is 2.14. The number of para-hydroxylation sites is 1. The van der Waals surface area contributed by atoms with Crippen molar-refractivity contribution in [3.63, 3.8) is 0 Å². The van der Waals surface area contributed by atoms with Crippen LogP contribution in [0.2, 0.25) is 0 Å². The van der Waals surface area contributed by atoms with Crippen molar-refractivity contribution >= 4 is 27.5 Å². The van der Waals surface area contributed by atoms with Gasteiger partial charge in [-0.2, -0.15) is 0 Å². The van der Waals surface area contributed by atoms with Gasteiger partial charge in [-0.05, 0) is 43.6 Å². The highest BCUT2D eigenvalue weighted by Crippen LogP contribution is 2.34. The van der Waals surface area contributed by atoms with Crippen LogP contribution in [0.25, 0.3) is 0 Å². The third-order valence-corrected chi connectivity index (χ3v) is 5.04. The van der Waals surface area contributed by atoms with Gasteiger partial charge < -0.3 is 10.5 Å². The summed E-state index contributed by atoms with van der Waals surface area (Å²) >= 11 is 1.56. The first kappa shape index (κ1) is 15.7. The number of thioether (sulfide) groups is 1. The van der Waals surface area contributed by atoms with Gasteiger partial charge in [0.05, 0.1) is 10.6 Å². The molecule has 0 heterocycles. The number of nitrogen functional groups attached to an aromatic ring is 1. The number of hydrogen-bond acceptors (Lipinski definition) is 5. The maximum Gasteiger partial charge on any atom is 0.240 e. The van der Waals surface area contributed by atoms with Crippen LogP contribution in [0, 0.1) is 0 Å². The normalized spacial score (nSPS) is 11.3. The Morgan fingerprint density at radius 3 is 2.48 bits per heavy atom. The molecule has 0 radical (unpaired) electrons. The van der Waals surface area contributed by atoms with E-state index in [4.69, 9.17) is 10.5 Å². The molecule has 2 rings (SSSR count). The van der Waals surface area contributed by atoms with Gasteiger partial charge in [0.2, 0.25) is 10.0 Å². The molecule has 2 aromatic rings. The zero-order chi connectivity index (χ0) is 15.5. The molecule has 0 aliphatic heterocycles. The fourth-order valence-electron chi connectivity index (χ4n) is 1.73. The lowest BCUT2D eigenvalue weighted by atomic mass is 10.3. The molecule has 0 atom stereocenters. The van der Waals surface area contributed by atoms with E-state index in [1.165, 1.54) is 19.2 Å². The van der Waals surface area contributed by atoms with Gasteiger partial charge in [-0.25, -0.2) is 13.1 Å². The molecule has 0 spiro atoms. The van der Waals surface area contributed by atoms with Crippen LogP contribution >= 0.6 is 11.8 Å². The van der Waals surface area contributed by atoms with Crippen LogP contribution in [0.5, 0.6) is 11.5 Å². The molecule has 0 aliphatic carbocycles. The highest BCUT2D eigenvalue weighted by atomic mass is 32.2. The summed E-state index contributed by atoms with van der Waals surface area (Å²) in [7, 11) is -2.16. The van der Waals surface area contributed by atoms with Crippen LogP contribution < -0.4 is 15.2 Å². The lowest BCUT2D eigenvalue weighted by Crippen LogP contribution is -2.18. The van der Waals surface area contributed by atoms with E-state index in [0.717, 1.165) is 4.90 Å². The van der Waals surface area contributed by atoms with E-state index in [9.17, 15) is 8.42 Å². The highest BCUT2D eigenvalue weighted by molar-refractivity contribution is 7.98. The Hall–Kier alpha value is -1.70. The summed E-state index contributed by atoms with van der Waals surface area (Å²) in [6.07, 6.45) is 1.95. The zero-order valence-electron chi connectivity index (χ0n) is 11.7. The van der Waals surface area contributed by atoms with Crippen molar-refractivity contribution in [2.45, 2.75) is 9.79 Å². The van der Waals surface area contributed by atoms with Crippen molar-refractivity contribution in [1.29, 1.82) is 0 Å². The lowest BCUT2D eigenvalue weighted by Gasteiger charge is -2.12. The number of nitrogens with one attached hydrogen (secondary N) is 1. The number of benzene rings is 2. The Labute approximate surface area is 128 Å². The Balaban J connectivity index is 2.34. The van der Waals surface area contributed by atoms with Gasteiger partial charge in [0, 0.05) is 4.90 Å². The van der Waals surface area contributed by atoms with Crippen molar-refractivity contribution in [3.05, 3.63) is 42.5 Å². The van der Waals surface area contributed by atoms with E-state index in [1.807, 2.05) is 30.5 Å². The first-order valence-corrected chi connectivity index (χ1v) is 8.82. The predicted molar refractivity (Wildman–Crippen MR) is 85.4 cm³/mol. The Kier molecular flexibility index (Phi) is 4.76. The standard InChI is InChI=1S/C14H16N2O3S2/c1-16-21(17,18)10-7-8-12(11(15)9-10)19-13-5-3-4-6-14(13)20-2/h3-9,16H,15H2,1-2H3. The summed E-state index contributed by atoms with van der Waals surface area (Å²) in [5.41, 5.74) is 6.15.